The summed E-state index contributed by atoms with van der Waals surface area (Å²) < 4.78 is 27.7. The smallest absolute Gasteiger partial charge is 0.271 e. The molecule has 0 saturated carbocycles. The van der Waals surface area contributed by atoms with Gasteiger partial charge in [-0.25, -0.2) is 8.42 Å². The van der Waals surface area contributed by atoms with Crippen LogP contribution in [-0.2, 0) is 16.4 Å². The van der Waals surface area contributed by atoms with Gasteiger partial charge in [-0.3, -0.25) is 14.5 Å². The molecular weight excluding hydrogens is 370 g/mol. The first-order chi connectivity index (χ1) is 12.5. The lowest BCUT2D eigenvalue weighted by Gasteiger charge is -2.18. The third-order valence-electron chi connectivity index (χ3n) is 4.17. The largest absolute Gasteiger partial charge is 0.308 e. The summed E-state index contributed by atoms with van der Waals surface area (Å²) in [6.07, 6.45) is 3.90. The summed E-state index contributed by atoms with van der Waals surface area (Å²) in [7, 11) is -3.62. The molecule has 26 heavy (non-hydrogen) atoms. The summed E-state index contributed by atoms with van der Waals surface area (Å²) in [5.41, 5.74) is 2.74. The van der Waals surface area contributed by atoms with Crippen LogP contribution < -0.4 is 9.62 Å². The lowest BCUT2D eigenvalue weighted by atomic mass is 10.1. The van der Waals surface area contributed by atoms with Crippen LogP contribution in [0.2, 0.25) is 0 Å². The summed E-state index contributed by atoms with van der Waals surface area (Å²) in [4.78, 5) is 18.4. The number of anilines is 2. The van der Waals surface area contributed by atoms with Crippen molar-refractivity contribution in [3.8, 4) is 0 Å². The number of aromatic nitrogens is 1. The molecule has 1 aliphatic heterocycles. The highest BCUT2D eigenvalue weighted by atomic mass is 32.2. The highest BCUT2D eigenvalue weighted by Gasteiger charge is 2.26. The van der Waals surface area contributed by atoms with Gasteiger partial charge in [-0.1, -0.05) is 12.1 Å². The van der Waals surface area contributed by atoms with E-state index in [9.17, 15) is 13.2 Å². The number of thiophene rings is 1. The lowest BCUT2D eigenvalue weighted by Crippen LogP contribution is -2.28. The maximum atomic E-state index is 12.8. The standard InChI is InChI=1S/C18H15N3O3S2/c22-18(14-5-8-19-9-6-14)21-10-7-13-3-4-15(12-16(13)21)20-26(23,24)17-2-1-11-25-17/h1-6,8-9,11-12,20H,7,10H2. The monoisotopic (exact) mass is 385 g/mol. The van der Waals surface area contributed by atoms with E-state index in [0.29, 0.717) is 17.8 Å². The van der Waals surface area contributed by atoms with Gasteiger partial charge in [0.15, 0.2) is 0 Å². The minimum Gasteiger partial charge on any atom is -0.308 e. The average molecular weight is 385 g/mol. The van der Waals surface area contributed by atoms with Gasteiger partial charge in [0, 0.05) is 30.2 Å². The van der Waals surface area contributed by atoms with E-state index in [0.717, 1.165) is 29.0 Å². The van der Waals surface area contributed by atoms with E-state index in [1.807, 2.05) is 6.07 Å². The fraction of sp³-hybridized carbons (Fsp3) is 0.111. The van der Waals surface area contributed by atoms with Gasteiger partial charge >= 0.3 is 0 Å². The number of hydrogen-bond acceptors (Lipinski definition) is 5. The molecule has 0 saturated heterocycles. The molecule has 0 unspecified atom stereocenters. The molecule has 3 aromatic rings. The molecule has 0 aliphatic carbocycles. The minimum atomic E-state index is -3.62. The predicted molar refractivity (Wildman–Crippen MR) is 101 cm³/mol. The zero-order valence-corrected chi connectivity index (χ0v) is 15.3. The summed E-state index contributed by atoms with van der Waals surface area (Å²) in [5, 5.41) is 1.71. The molecule has 0 fully saturated rings. The number of amides is 1. The molecule has 3 heterocycles. The summed E-state index contributed by atoms with van der Waals surface area (Å²) in [6, 6.07) is 11.9. The van der Waals surface area contributed by atoms with E-state index in [2.05, 4.69) is 9.71 Å². The third-order valence-corrected chi connectivity index (χ3v) is 6.94. The number of carbonyl (C=O) groups excluding carboxylic acids is 1. The molecular formula is C18H15N3O3S2. The van der Waals surface area contributed by atoms with E-state index >= 15 is 0 Å². The van der Waals surface area contributed by atoms with E-state index in [1.54, 1.807) is 59.1 Å². The Kier molecular flexibility index (Phi) is 4.21. The summed E-state index contributed by atoms with van der Waals surface area (Å²) in [6.45, 7) is 0.567. The van der Waals surface area contributed by atoms with Gasteiger partial charge in [-0.15, -0.1) is 11.3 Å². The Hall–Kier alpha value is -2.71. The Labute approximate surface area is 155 Å². The fourth-order valence-corrected chi connectivity index (χ4v) is 4.97. The van der Waals surface area contributed by atoms with Gasteiger partial charge < -0.3 is 4.90 Å². The normalized spacial score (nSPS) is 13.5. The van der Waals surface area contributed by atoms with Crippen molar-refractivity contribution in [3.63, 3.8) is 0 Å². The Morgan fingerprint density at radius 3 is 2.69 bits per heavy atom. The number of rotatable bonds is 4. The van der Waals surface area contributed by atoms with Gasteiger partial charge in [-0.2, -0.15) is 0 Å². The highest BCUT2D eigenvalue weighted by molar-refractivity contribution is 7.94. The van der Waals surface area contributed by atoms with Crippen molar-refractivity contribution < 1.29 is 13.2 Å². The number of benzene rings is 1. The van der Waals surface area contributed by atoms with Gasteiger partial charge in [-0.05, 0) is 47.7 Å². The highest BCUT2D eigenvalue weighted by Crippen LogP contribution is 2.33. The topological polar surface area (TPSA) is 79.4 Å². The SMILES string of the molecule is O=C(c1ccncc1)N1CCc2ccc(NS(=O)(=O)c3cccs3)cc21. The zero-order valence-electron chi connectivity index (χ0n) is 13.6. The number of sulfonamides is 1. The molecule has 6 nitrogen and oxygen atoms in total. The number of carbonyl (C=O) groups is 1. The van der Waals surface area contributed by atoms with Gasteiger partial charge in [0.2, 0.25) is 0 Å². The van der Waals surface area contributed by atoms with Crippen LogP contribution in [0.5, 0.6) is 0 Å². The van der Waals surface area contributed by atoms with Crippen LogP contribution in [0.15, 0.2) is 64.4 Å². The van der Waals surface area contributed by atoms with E-state index in [-0.39, 0.29) is 10.1 Å². The van der Waals surface area contributed by atoms with Crippen LogP contribution in [0.25, 0.3) is 0 Å². The fourth-order valence-electron chi connectivity index (χ4n) is 2.93. The van der Waals surface area contributed by atoms with Gasteiger partial charge in [0.05, 0.1) is 5.69 Å². The molecule has 1 N–H and O–H groups in total. The molecule has 0 spiro atoms. The van der Waals surface area contributed by atoms with Crippen molar-refractivity contribution in [2.75, 3.05) is 16.2 Å². The molecule has 8 heteroatoms. The van der Waals surface area contributed by atoms with Crippen LogP contribution in [0.4, 0.5) is 11.4 Å². The van der Waals surface area contributed by atoms with E-state index in [4.69, 9.17) is 0 Å². The maximum absolute atomic E-state index is 12.8. The van der Waals surface area contributed by atoms with Crippen molar-refractivity contribution in [1.29, 1.82) is 0 Å². The van der Waals surface area contributed by atoms with Crippen molar-refractivity contribution in [2.24, 2.45) is 0 Å². The Bertz CT molecular complexity index is 1050. The molecule has 4 rings (SSSR count). The Morgan fingerprint density at radius 2 is 1.96 bits per heavy atom. The number of hydrogen-bond donors (Lipinski definition) is 1. The first-order valence-electron chi connectivity index (χ1n) is 7.96. The second-order valence-corrected chi connectivity index (χ2v) is 8.68. The van der Waals surface area contributed by atoms with Crippen LogP contribution in [0.1, 0.15) is 15.9 Å². The van der Waals surface area contributed by atoms with E-state index < -0.39 is 10.0 Å². The third kappa shape index (κ3) is 3.09. The maximum Gasteiger partial charge on any atom is 0.271 e. The predicted octanol–water partition coefficient (Wildman–Crippen LogP) is 3.15. The molecule has 1 aromatic carbocycles. The van der Waals surface area contributed by atoms with Crippen LogP contribution in [-0.4, -0.2) is 25.9 Å². The molecule has 0 bridgehead atoms. The van der Waals surface area contributed by atoms with E-state index in [1.165, 1.54) is 0 Å². The van der Waals surface area contributed by atoms with Crippen molar-refractivity contribution in [3.05, 3.63) is 71.4 Å². The molecule has 1 aliphatic rings. The number of nitrogens with zero attached hydrogens (tertiary/aromatic N) is 2. The summed E-state index contributed by atoms with van der Waals surface area (Å²) >= 11 is 1.16. The van der Waals surface area contributed by atoms with Crippen molar-refractivity contribution >= 4 is 38.6 Å². The second-order valence-electron chi connectivity index (χ2n) is 5.82. The molecule has 2 aromatic heterocycles. The number of pyridine rings is 1. The molecule has 1 amide bonds. The van der Waals surface area contributed by atoms with Gasteiger partial charge in [0.25, 0.3) is 15.9 Å². The summed E-state index contributed by atoms with van der Waals surface area (Å²) in [5.74, 6) is -0.121. The molecule has 0 radical (unpaired) electrons. The lowest BCUT2D eigenvalue weighted by molar-refractivity contribution is 0.0989. The minimum absolute atomic E-state index is 0.121. The van der Waals surface area contributed by atoms with Crippen LogP contribution in [0, 0.1) is 0 Å². The second kappa shape index (κ2) is 6.54. The van der Waals surface area contributed by atoms with Gasteiger partial charge in [0.1, 0.15) is 4.21 Å². The first kappa shape index (κ1) is 16.7. The molecule has 0 atom stereocenters. The Morgan fingerprint density at radius 1 is 1.15 bits per heavy atom. The number of nitrogens with one attached hydrogen (secondary N) is 1. The Balaban J connectivity index is 1.63. The van der Waals surface area contributed by atoms with Crippen molar-refractivity contribution in [2.45, 2.75) is 10.6 Å². The first-order valence-corrected chi connectivity index (χ1v) is 10.3. The van der Waals surface area contributed by atoms with Crippen LogP contribution >= 0.6 is 11.3 Å². The zero-order chi connectivity index (χ0) is 18.1. The quantitative estimate of drug-likeness (QED) is 0.748. The molecule has 132 valence electrons. The number of fused-ring (bicyclic) bond motifs is 1. The average Bonchev–Trinajstić information content (AvgIpc) is 3.32. The van der Waals surface area contributed by atoms with Crippen LogP contribution in [0.3, 0.4) is 0 Å². The van der Waals surface area contributed by atoms with Crippen molar-refractivity contribution in [1.82, 2.24) is 4.98 Å².